The molecule has 1 aromatic carbocycles. The molecule has 1 atom stereocenters. The smallest absolute Gasteiger partial charge is 0.411 e. The lowest BCUT2D eigenvalue weighted by Crippen LogP contribution is -2.44. The highest BCUT2D eigenvalue weighted by Crippen LogP contribution is 2.14. The summed E-state index contributed by atoms with van der Waals surface area (Å²) < 4.78 is 44.7. The van der Waals surface area contributed by atoms with Gasteiger partial charge in [-0.1, -0.05) is 30.3 Å². The summed E-state index contributed by atoms with van der Waals surface area (Å²) in [5, 5.41) is 10.7. The van der Waals surface area contributed by atoms with Crippen molar-refractivity contribution in [3.63, 3.8) is 0 Å². The molecular formula is C13H14F3NO5. The van der Waals surface area contributed by atoms with Crippen LogP contribution in [0.25, 0.3) is 0 Å². The zero-order chi connectivity index (χ0) is 16.6. The number of benzene rings is 1. The summed E-state index contributed by atoms with van der Waals surface area (Å²) in [5.41, 5.74) is 0.679. The monoisotopic (exact) mass is 321 g/mol. The Labute approximate surface area is 123 Å². The number of amides is 1. The molecule has 0 aromatic heterocycles. The highest BCUT2D eigenvalue weighted by Gasteiger charge is 2.29. The molecule has 0 radical (unpaired) electrons. The van der Waals surface area contributed by atoms with Crippen LogP contribution in [0.4, 0.5) is 18.0 Å². The number of hydrogen-bond acceptors (Lipinski definition) is 4. The topological polar surface area (TPSA) is 84.9 Å². The van der Waals surface area contributed by atoms with E-state index in [1.807, 2.05) is 5.32 Å². The maximum atomic E-state index is 11.9. The average molecular weight is 321 g/mol. The van der Waals surface area contributed by atoms with Crippen LogP contribution in [-0.4, -0.2) is 42.6 Å². The van der Waals surface area contributed by atoms with Gasteiger partial charge in [0, 0.05) is 0 Å². The van der Waals surface area contributed by atoms with Gasteiger partial charge in [0.1, 0.15) is 13.2 Å². The van der Waals surface area contributed by atoms with E-state index in [9.17, 15) is 22.8 Å². The molecule has 0 fully saturated rings. The van der Waals surface area contributed by atoms with Crippen LogP contribution in [-0.2, 0) is 20.9 Å². The number of alkyl carbamates (subject to hydrolysis) is 1. The lowest BCUT2D eigenvalue weighted by molar-refractivity contribution is -0.177. The first-order valence-electron chi connectivity index (χ1n) is 6.12. The van der Waals surface area contributed by atoms with E-state index in [1.165, 1.54) is 0 Å². The zero-order valence-electron chi connectivity index (χ0n) is 11.3. The number of aliphatic carboxylic acids is 1. The summed E-state index contributed by atoms with van der Waals surface area (Å²) in [6, 6.07) is 6.96. The van der Waals surface area contributed by atoms with Crippen molar-refractivity contribution in [2.45, 2.75) is 18.8 Å². The second-order valence-corrected chi connectivity index (χ2v) is 4.23. The van der Waals surface area contributed by atoms with Gasteiger partial charge in [-0.05, 0) is 5.56 Å². The van der Waals surface area contributed by atoms with Gasteiger partial charge in [-0.25, -0.2) is 9.59 Å². The van der Waals surface area contributed by atoms with E-state index in [4.69, 9.17) is 9.84 Å². The summed E-state index contributed by atoms with van der Waals surface area (Å²) in [6.45, 7) is -2.52. The number of alkyl halides is 3. The van der Waals surface area contributed by atoms with E-state index in [2.05, 4.69) is 4.74 Å². The van der Waals surface area contributed by atoms with Crippen LogP contribution in [0.2, 0.25) is 0 Å². The number of carboxylic acids is 1. The van der Waals surface area contributed by atoms with Crippen LogP contribution < -0.4 is 5.32 Å². The Hall–Kier alpha value is -2.29. The van der Waals surface area contributed by atoms with Crippen molar-refractivity contribution in [1.82, 2.24) is 5.32 Å². The Morgan fingerprint density at radius 2 is 1.86 bits per heavy atom. The van der Waals surface area contributed by atoms with Gasteiger partial charge in [-0.15, -0.1) is 0 Å². The Kier molecular flexibility index (Phi) is 6.64. The molecule has 0 aliphatic heterocycles. The molecular weight excluding hydrogens is 307 g/mol. The third kappa shape index (κ3) is 7.48. The molecule has 0 heterocycles. The predicted molar refractivity (Wildman–Crippen MR) is 68.1 cm³/mol. The SMILES string of the molecule is O=C(NC(COCC(F)(F)F)C(=O)O)OCc1ccccc1. The van der Waals surface area contributed by atoms with Gasteiger partial charge in [-0.3, -0.25) is 0 Å². The van der Waals surface area contributed by atoms with Gasteiger partial charge in [0.25, 0.3) is 0 Å². The molecule has 0 saturated carbocycles. The molecule has 0 bridgehead atoms. The number of halogens is 3. The van der Waals surface area contributed by atoms with Crippen molar-refractivity contribution in [3.8, 4) is 0 Å². The quantitative estimate of drug-likeness (QED) is 0.802. The minimum atomic E-state index is -4.57. The minimum absolute atomic E-state index is 0.0948. The third-order valence-electron chi connectivity index (χ3n) is 2.35. The fourth-order valence-electron chi connectivity index (χ4n) is 1.37. The Morgan fingerprint density at radius 1 is 1.23 bits per heavy atom. The number of ether oxygens (including phenoxy) is 2. The molecule has 1 aromatic rings. The van der Waals surface area contributed by atoms with Crippen LogP contribution in [0.3, 0.4) is 0 Å². The maximum absolute atomic E-state index is 11.9. The number of carbonyl (C=O) groups is 2. The molecule has 122 valence electrons. The lowest BCUT2D eigenvalue weighted by Gasteiger charge is -2.15. The van der Waals surface area contributed by atoms with Gasteiger partial charge >= 0.3 is 18.2 Å². The fraction of sp³-hybridized carbons (Fsp3) is 0.385. The summed E-state index contributed by atoms with van der Waals surface area (Å²) in [6.07, 6.45) is -5.64. The van der Waals surface area contributed by atoms with E-state index in [0.29, 0.717) is 5.56 Å². The molecule has 6 nitrogen and oxygen atoms in total. The second kappa shape index (κ2) is 8.23. The number of carbonyl (C=O) groups excluding carboxylic acids is 1. The van der Waals surface area contributed by atoms with Gasteiger partial charge < -0.3 is 19.9 Å². The fourth-order valence-corrected chi connectivity index (χ4v) is 1.37. The summed E-state index contributed by atoms with van der Waals surface area (Å²) in [5.74, 6) is -1.53. The molecule has 2 N–H and O–H groups in total. The molecule has 0 spiro atoms. The Morgan fingerprint density at radius 3 is 2.41 bits per heavy atom. The molecule has 22 heavy (non-hydrogen) atoms. The van der Waals surface area contributed by atoms with Gasteiger partial charge in [0.2, 0.25) is 0 Å². The van der Waals surface area contributed by atoms with Crippen LogP contribution >= 0.6 is 0 Å². The molecule has 0 aliphatic carbocycles. The summed E-state index contributed by atoms with van der Waals surface area (Å²) in [7, 11) is 0. The molecule has 9 heteroatoms. The summed E-state index contributed by atoms with van der Waals surface area (Å²) >= 11 is 0. The molecule has 1 amide bonds. The van der Waals surface area contributed by atoms with Crippen molar-refractivity contribution in [1.29, 1.82) is 0 Å². The molecule has 1 unspecified atom stereocenters. The zero-order valence-corrected chi connectivity index (χ0v) is 11.3. The first kappa shape index (κ1) is 17.8. The van der Waals surface area contributed by atoms with Crippen molar-refractivity contribution in [2.75, 3.05) is 13.2 Å². The average Bonchev–Trinajstić information content (AvgIpc) is 2.43. The number of hydrogen-bond donors (Lipinski definition) is 2. The molecule has 0 saturated heterocycles. The Balaban J connectivity index is 2.39. The summed E-state index contributed by atoms with van der Waals surface area (Å²) in [4.78, 5) is 22.3. The van der Waals surface area contributed by atoms with Crippen LogP contribution in [0.5, 0.6) is 0 Å². The van der Waals surface area contributed by atoms with E-state index in [0.717, 1.165) is 0 Å². The third-order valence-corrected chi connectivity index (χ3v) is 2.35. The second-order valence-electron chi connectivity index (χ2n) is 4.23. The van der Waals surface area contributed by atoms with Crippen LogP contribution in [0.1, 0.15) is 5.56 Å². The lowest BCUT2D eigenvalue weighted by atomic mass is 10.2. The van der Waals surface area contributed by atoms with Crippen molar-refractivity contribution in [3.05, 3.63) is 35.9 Å². The van der Waals surface area contributed by atoms with E-state index in [1.54, 1.807) is 30.3 Å². The van der Waals surface area contributed by atoms with Crippen LogP contribution in [0, 0.1) is 0 Å². The predicted octanol–water partition coefficient (Wildman–Crippen LogP) is 1.94. The van der Waals surface area contributed by atoms with Gasteiger partial charge in [0.05, 0.1) is 6.61 Å². The number of rotatable bonds is 7. The first-order valence-corrected chi connectivity index (χ1v) is 6.12. The molecule has 0 aliphatic rings. The largest absolute Gasteiger partial charge is 0.480 e. The standard InChI is InChI=1S/C13H14F3NO5/c14-13(15,16)8-21-7-10(11(18)19)17-12(20)22-6-9-4-2-1-3-5-9/h1-5,10H,6-8H2,(H,17,20)(H,18,19). The van der Waals surface area contributed by atoms with Crippen LogP contribution in [0.15, 0.2) is 30.3 Å². The Bertz CT molecular complexity index is 492. The first-order chi connectivity index (χ1) is 10.3. The number of carboxylic acid groups (broad SMARTS) is 1. The number of nitrogens with one attached hydrogen (secondary N) is 1. The maximum Gasteiger partial charge on any atom is 0.411 e. The highest BCUT2D eigenvalue weighted by molar-refractivity contribution is 5.79. The van der Waals surface area contributed by atoms with Gasteiger partial charge in [0.15, 0.2) is 6.04 Å². The van der Waals surface area contributed by atoms with E-state index in [-0.39, 0.29) is 6.61 Å². The van der Waals surface area contributed by atoms with Crippen molar-refractivity contribution < 1.29 is 37.3 Å². The molecule has 1 rings (SSSR count). The van der Waals surface area contributed by atoms with E-state index >= 15 is 0 Å². The normalized spacial score (nSPS) is 12.5. The van der Waals surface area contributed by atoms with Crippen molar-refractivity contribution >= 4 is 12.1 Å². The van der Waals surface area contributed by atoms with E-state index < -0.39 is 37.5 Å². The highest BCUT2D eigenvalue weighted by atomic mass is 19.4. The minimum Gasteiger partial charge on any atom is -0.480 e. The van der Waals surface area contributed by atoms with Gasteiger partial charge in [-0.2, -0.15) is 13.2 Å². The van der Waals surface area contributed by atoms with Crippen molar-refractivity contribution in [2.24, 2.45) is 0 Å².